The fourth-order valence-electron chi connectivity index (χ4n) is 3.95. The Hall–Kier alpha value is -2.63. The van der Waals surface area contributed by atoms with Gasteiger partial charge in [0.15, 0.2) is 6.04 Å². The van der Waals surface area contributed by atoms with E-state index in [2.05, 4.69) is 48.7 Å². The molecule has 0 aromatic heterocycles. The average molecular weight is 410 g/mol. The normalized spacial score (nSPS) is 20.1. The molecule has 3 rings (SSSR count). The largest absolute Gasteiger partial charge is 0.497 e. The number of methoxy groups -OCH3 is 1. The molecule has 1 saturated heterocycles. The fraction of sp³-hybridized carbons (Fsp3) is 0.400. The summed E-state index contributed by atoms with van der Waals surface area (Å²) in [5, 5.41) is 3.11. The molecular formula is C25H35N3O2+2. The van der Waals surface area contributed by atoms with Gasteiger partial charge in [0.05, 0.1) is 13.7 Å². The highest BCUT2D eigenvalue weighted by atomic mass is 16.5. The van der Waals surface area contributed by atoms with Crippen molar-refractivity contribution in [1.82, 2.24) is 5.32 Å². The molecule has 160 valence electrons. The average Bonchev–Trinajstić information content (AvgIpc) is 2.80. The van der Waals surface area contributed by atoms with Crippen molar-refractivity contribution < 1.29 is 19.3 Å². The van der Waals surface area contributed by atoms with Crippen molar-refractivity contribution in [2.24, 2.45) is 0 Å². The SMILES string of the molecule is COc1ccc(CCNC(=O)[C@@H](C)[NH+]2CC[NH+](C/C=C/c3ccccc3)CC2)cc1. The van der Waals surface area contributed by atoms with Crippen LogP contribution in [-0.4, -0.2) is 58.3 Å². The molecule has 5 nitrogen and oxygen atoms in total. The van der Waals surface area contributed by atoms with Crippen molar-refractivity contribution in [2.45, 2.75) is 19.4 Å². The van der Waals surface area contributed by atoms with E-state index in [1.165, 1.54) is 16.0 Å². The topological polar surface area (TPSA) is 47.2 Å². The van der Waals surface area contributed by atoms with Crippen LogP contribution in [0.25, 0.3) is 6.08 Å². The molecule has 1 atom stereocenters. The Kier molecular flexibility index (Phi) is 8.48. The van der Waals surface area contributed by atoms with Gasteiger partial charge in [0.1, 0.15) is 31.9 Å². The molecule has 1 heterocycles. The molecule has 0 aliphatic carbocycles. The third kappa shape index (κ3) is 6.71. The van der Waals surface area contributed by atoms with E-state index in [0.29, 0.717) is 6.54 Å². The molecule has 0 spiro atoms. The van der Waals surface area contributed by atoms with Crippen molar-refractivity contribution in [3.63, 3.8) is 0 Å². The molecular weight excluding hydrogens is 374 g/mol. The minimum absolute atomic E-state index is 0.00211. The summed E-state index contributed by atoms with van der Waals surface area (Å²) in [5.74, 6) is 1.02. The number of quaternary nitrogens is 2. The summed E-state index contributed by atoms with van der Waals surface area (Å²) in [4.78, 5) is 15.6. The first-order valence-electron chi connectivity index (χ1n) is 11.0. The quantitative estimate of drug-likeness (QED) is 0.556. The van der Waals surface area contributed by atoms with Crippen molar-refractivity contribution in [1.29, 1.82) is 0 Å². The lowest BCUT2D eigenvalue weighted by Crippen LogP contribution is -3.30. The van der Waals surface area contributed by atoms with Crippen LogP contribution in [0.5, 0.6) is 5.75 Å². The highest BCUT2D eigenvalue weighted by Gasteiger charge is 2.30. The van der Waals surface area contributed by atoms with Gasteiger partial charge >= 0.3 is 0 Å². The van der Waals surface area contributed by atoms with Crippen LogP contribution in [0.1, 0.15) is 18.1 Å². The monoisotopic (exact) mass is 409 g/mol. The second kappa shape index (κ2) is 11.5. The van der Waals surface area contributed by atoms with Crippen LogP contribution in [-0.2, 0) is 11.2 Å². The molecule has 3 N–H and O–H groups in total. The molecule has 0 unspecified atom stereocenters. The number of benzene rings is 2. The van der Waals surface area contributed by atoms with Gasteiger partial charge in [0, 0.05) is 6.54 Å². The van der Waals surface area contributed by atoms with Crippen molar-refractivity contribution in [3.05, 3.63) is 71.8 Å². The molecule has 0 saturated carbocycles. The number of nitrogens with one attached hydrogen (secondary N) is 3. The zero-order valence-electron chi connectivity index (χ0n) is 18.2. The minimum atomic E-state index is 0.00211. The fourth-order valence-corrected chi connectivity index (χ4v) is 3.95. The number of hydrogen-bond acceptors (Lipinski definition) is 2. The van der Waals surface area contributed by atoms with Crippen molar-refractivity contribution in [2.75, 3.05) is 46.4 Å². The number of hydrogen-bond donors (Lipinski definition) is 3. The van der Waals surface area contributed by atoms with E-state index in [1.807, 2.05) is 30.3 Å². The van der Waals surface area contributed by atoms with Gasteiger partial charge in [-0.3, -0.25) is 4.79 Å². The van der Waals surface area contributed by atoms with Gasteiger partial charge in [0.2, 0.25) is 0 Å². The van der Waals surface area contributed by atoms with Gasteiger partial charge in [-0.25, -0.2) is 0 Å². The van der Waals surface area contributed by atoms with E-state index in [-0.39, 0.29) is 11.9 Å². The number of piperazine rings is 1. The first kappa shape index (κ1) is 22.1. The summed E-state index contributed by atoms with van der Waals surface area (Å²) < 4.78 is 5.18. The van der Waals surface area contributed by atoms with Crippen LogP contribution in [0.3, 0.4) is 0 Å². The summed E-state index contributed by atoms with van der Waals surface area (Å²) in [6.07, 6.45) is 5.31. The lowest BCUT2D eigenvalue weighted by Gasteiger charge is -2.32. The highest BCUT2D eigenvalue weighted by Crippen LogP contribution is 2.11. The smallest absolute Gasteiger partial charge is 0.278 e. The van der Waals surface area contributed by atoms with Gasteiger partial charge in [-0.15, -0.1) is 0 Å². The highest BCUT2D eigenvalue weighted by molar-refractivity contribution is 5.79. The van der Waals surface area contributed by atoms with Crippen LogP contribution in [0.2, 0.25) is 0 Å². The molecule has 30 heavy (non-hydrogen) atoms. The van der Waals surface area contributed by atoms with Gasteiger partial charge in [-0.1, -0.05) is 48.5 Å². The van der Waals surface area contributed by atoms with Gasteiger partial charge in [0.25, 0.3) is 5.91 Å². The van der Waals surface area contributed by atoms with E-state index < -0.39 is 0 Å². The van der Waals surface area contributed by atoms with Gasteiger partial charge in [-0.2, -0.15) is 0 Å². The summed E-state index contributed by atoms with van der Waals surface area (Å²) in [5.41, 5.74) is 2.46. The van der Waals surface area contributed by atoms with Crippen LogP contribution in [0.15, 0.2) is 60.7 Å². The Morgan fingerprint density at radius 1 is 1.07 bits per heavy atom. The van der Waals surface area contributed by atoms with Crippen LogP contribution in [0, 0.1) is 0 Å². The molecule has 2 aromatic carbocycles. The maximum Gasteiger partial charge on any atom is 0.278 e. The number of carbonyl (C=O) groups excluding carboxylic acids is 1. The predicted octanol–water partition coefficient (Wildman–Crippen LogP) is 0.239. The predicted molar refractivity (Wildman–Crippen MR) is 121 cm³/mol. The molecule has 2 aromatic rings. The molecule has 5 heteroatoms. The second-order valence-electron chi connectivity index (χ2n) is 8.04. The molecule has 1 amide bonds. The minimum Gasteiger partial charge on any atom is -0.497 e. The first-order chi connectivity index (χ1) is 14.7. The van der Waals surface area contributed by atoms with Crippen LogP contribution in [0.4, 0.5) is 0 Å². The summed E-state index contributed by atoms with van der Waals surface area (Å²) in [6, 6.07) is 18.5. The Labute approximate surface area is 180 Å². The van der Waals surface area contributed by atoms with E-state index >= 15 is 0 Å². The van der Waals surface area contributed by atoms with Crippen molar-refractivity contribution in [3.8, 4) is 5.75 Å². The second-order valence-corrected chi connectivity index (χ2v) is 8.04. The number of ether oxygens (including phenoxy) is 1. The van der Waals surface area contributed by atoms with E-state index in [9.17, 15) is 4.79 Å². The van der Waals surface area contributed by atoms with E-state index in [0.717, 1.165) is 44.9 Å². The molecule has 1 aliphatic rings. The Morgan fingerprint density at radius 2 is 1.77 bits per heavy atom. The molecule has 1 aliphatic heterocycles. The van der Waals surface area contributed by atoms with E-state index in [4.69, 9.17) is 4.74 Å². The summed E-state index contributed by atoms with van der Waals surface area (Å²) in [6.45, 7) is 8.08. The molecule has 1 fully saturated rings. The van der Waals surface area contributed by atoms with E-state index in [1.54, 1.807) is 12.0 Å². The first-order valence-corrected chi connectivity index (χ1v) is 11.0. The third-order valence-electron chi connectivity index (χ3n) is 5.99. The molecule has 0 radical (unpaired) electrons. The Morgan fingerprint density at radius 3 is 2.43 bits per heavy atom. The van der Waals surface area contributed by atoms with Crippen LogP contribution < -0.4 is 19.9 Å². The zero-order chi connectivity index (χ0) is 21.2. The van der Waals surface area contributed by atoms with Crippen LogP contribution >= 0.6 is 0 Å². The standard InChI is InChI=1S/C25H33N3O2/c1-21(25(29)26-15-14-23-10-12-24(30-2)13-11-23)28-19-17-27(18-20-28)16-6-9-22-7-4-3-5-8-22/h3-13,21H,14-20H2,1-2H3,(H,26,29)/p+2/b9-6+/t21-/m1/s1. The number of carbonyl (C=O) groups is 1. The lowest BCUT2D eigenvalue weighted by molar-refractivity contribution is -1.02. The Balaban J connectivity index is 1.35. The third-order valence-corrected chi connectivity index (χ3v) is 5.99. The zero-order valence-corrected chi connectivity index (χ0v) is 18.2. The Bertz CT molecular complexity index is 797. The summed E-state index contributed by atoms with van der Waals surface area (Å²) >= 11 is 0. The summed E-state index contributed by atoms with van der Waals surface area (Å²) in [7, 11) is 1.67. The van der Waals surface area contributed by atoms with Crippen molar-refractivity contribution >= 4 is 12.0 Å². The molecule has 0 bridgehead atoms. The van der Waals surface area contributed by atoms with Gasteiger partial charge in [-0.05, 0) is 42.7 Å². The van der Waals surface area contributed by atoms with Gasteiger partial charge < -0.3 is 19.9 Å². The number of rotatable bonds is 9. The maximum atomic E-state index is 12.6. The maximum absolute atomic E-state index is 12.6. The lowest BCUT2D eigenvalue weighted by atomic mass is 10.1. The number of amides is 1.